The normalized spacial score (nSPS) is 10.4. The molecular weight excluding hydrogens is 356 g/mol. The molecule has 0 saturated heterocycles. The van der Waals surface area contributed by atoms with E-state index in [0.717, 1.165) is 51.9 Å². The first-order chi connectivity index (χ1) is 14.3. The van der Waals surface area contributed by atoms with Gasteiger partial charge in [0.1, 0.15) is 12.1 Å². The predicted octanol–water partition coefficient (Wildman–Crippen LogP) is 6.49. The highest BCUT2D eigenvalue weighted by Crippen LogP contribution is 2.29. The van der Waals surface area contributed by atoms with E-state index in [1.165, 1.54) is 0 Å². The second kappa shape index (κ2) is 8.99. The van der Waals surface area contributed by atoms with Crippen molar-refractivity contribution in [2.24, 2.45) is 0 Å². The average molecular weight is 378 g/mol. The Bertz CT molecular complexity index is 1170. The molecule has 141 valence electrons. The third-order valence-electron chi connectivity index (χ3n) is 4.59. The second-order valence-electron chi connectivity index (χ2n) is 6.72. The molecule has 4 heteroatoms. The number of nitrogens with one attached hydrogen (secondary N) is 1. The number of para-hydroxylation sites is 1. The minimum absolute atomic E-state index is 0.630. The number of rotatable bonds is 5. The number of fused-ring (bicyclic) bond motifs is 1. The topological polar surface area (TPSA) is 42.2 Å². The number of hydrogen-bond acceptors (Lipinski definition) is 3. The molecule has 0 bridgehead atoms. The fourth-order valence-electron chi connectivity index (χ4n) is 3.15. The first-order valence-corrected chi connectivity index (χ1v) is 9.68. The van der Waals surface area contributed by atoms with E-state index in [2.05, 4.69) is 69.5 Å². The molecule has 4 rings (SSSR count). The Labute approximate surface area is 171 Å². The Morgan fingerprint density at radius 3 is 2.62 bits per heavy atom. The lowest BCUT2D eigenvalue weighted by molar-refractivity contribution is 1.07. The molecule has 0 aliphatic heterocycles. The molecule has 0 unspecified atom stereocenters. The smallest absolute Gasteiger partial charge is 0.288 e. The van der Waals surface area contributed by atoms with Crippen LogP contribution in [0.2, 0.25) is 0 Å². The fraction of sp³-hybridized carbons (Fsp3) is 0.120. The van der Waals surface area contributed by atoms with Gasteiger partial charge in [-0.3, -0.25) is 0 Å². The zero-order valence-corrected chi connectivity index (χ0v) is 16.2. The van der Waals surface area contributed by atoms with E-state index in [-0.39, 0.29) is 0 Å². The highest BCUT2D eigenvalue weighted by atomic mass is 15.0. The zero-order chi connectivity index (χ0) is 19.9. The lowest BCUT2D eigenvalue weighted by Gasteiger charge is -2.10. The van der Waals surface area contributed by atoms with Crippen molar-refractivity contribution in [3.05, 3.63) is 96.5 Å². The third kappa shape index (κ3) is 4.59. The highest BCUT2D eigenvalue weighted by Gasteiger charge is 2.08. The van der Waals surface area contributed by atoms with Gasteiger partial charge in [-0.25, -0.2) is 9.97 Å². The van der Waals surface area contributed by atoms with E-state index in [0.29, 0.717) is 6.54 Å². The van der Waals surface area contributed by atoms with Crippen LogP contribution in [0.3, 0.4) is 0 Å². The summed E-state index contributed by atoms with van der Waals surface area (Å²) in [6.45, 7) is 4.43. The van der Waals surface area contributed by atoms with Crippen LogP contribution in [0.4, 0.5) is 11.5 Å². The maximum absolute atomic E-state index is 4.46. The maximum atomic E-state index is 4.46. The molecule has 1 aromatic heterocycles. The van der Waals surface area contributed by atoms with E-state index < -0.39 is 0 Å². The van der Waals surface area contributed by atoms with Crippen molar-refractivity contribution in [1.29, 1.82) is 0 Å². The largest absolute Gasteiger partial charge is 0.340 e. The van der Waals surface area contributed by atoms with Crippen LogP contribution in [-0.2, 0) is 6.54 Å². The standard InChI is InChI=1S/C25H22N4/c1-2-3-14-26-17-19-8-7-9-20(15-19)21-12-13-24-23(16-21)25(28-18-27-24)29-22-10-5-4-6-11-22/h4-13,15-16,18H,1-3,17H2,(H,27,28,29)/q+1. The van der Waals surface area contributed by atoms with Gasteiger partial charge in [0.05, 0.1) is 11.9 Å². The second-order valence-corrected chi connectivity index (χ2v) is 6.72. The maximum Gasteiger partial charge on any atom is 0.288 e. The van der Waals surface area contributed by atoms with Crippen molar-refractivity contribution in [3.8, 4) is 17.2 Å². The monoisotopic (exact) mass is 378 g/mol. The molecule has 29 heavy (non-hydrogen) atoms. The summed E-state index contributed by atoms with van der Waals surface area (Å²) in [5.41, 5.74) is 5.33. The van der Waals surface area contributed by atoms with Crippen molar-refractivity contribution in [1.82, 2.24) is 9.97 Å². The van der Waals surface area contributed by atoms with Gasteiger partial charge < -0.3 is 5.32 Å². The number of anilines is 2. The average Bonchev–Trinajstić information content (AvgIpc) is 2.78. The van der Waals surface area contributed by atoms with E-state index >= 15 is 0 Å². The van der Waals surface area contributed by atoms with Crippen molar-refractivity contribution >= 4 is 22.4 Å². The van der Waals surface area contributed by atoms with Gasteiger partial charge in [0.2, 0.25) is 0 Å². The van der Waals surface area contributed by atoms with Crippen LogP contribution in [0.15, 0.2) is 79.1 Å². The van der Waals surface area contributed by atoms with E-state index in [1.807, 2.05) is 36.4 Å². The molecule has 1 heterocycles. The Morgan fingerprint density at radius 2 is 1.76 bits per heavy atom. The summed E-state index contributed by atoms with van der Waals surface area (Å²) in [7, 11) is 0. The first kappa shape index (κ1) is 18.6. The fourth-order valence-corrected chi connectivity index (χ4v) is 3.15. The third-order valence-corrected chi connectivity index (χ3v) is 4.59. The Balaban J connectivity index is 1.67. The molecule has 0 aliphatic rings. The molecule has 0 atom stereocenters. The van der Waals surface area contributed by atoms with Crippen molar-refractivity contribution in [2.45, 2.75) is 19.4 Å². The molecule has 0 fully saturated rings. The molecule has 0 spiro atoms. The Hall–Kier alpha value is -3.71. The summed E-state index contributed by atoms with van der Waals surface area (Å²) in [5, 5.41) is 4.38. The van der Waals surface area contributed by atoms with Crippen LogP contribution < -0.4 is 5.32 Å². The number of benzene rings is 3. The van der Waals surface area contributed by atoms with E-state index in [4.69, 9.17) is 0 Å². The molecule has 1 N–H and O–H groups in total. The molecule has 3 aromatic carbocycles. The minimum atomic E-state index is 0.630. The number of aromatic nitrogens is 2. The highest BCUT2D eigenvalue weighted by molar-refractivity contribution is 5.93. The zero-order valence-electron chi connectivity index (χ0n) is 16.2. The Kier molecular flexibility index (Phi) is 5.78. The number of hydrogen-bond donors (Lipinski definition) is 1. The van der Waals surface area contributed by atoms with Crippen LogP contribution in [0.5, 0.6) is 0 Å². The van der Waals surface area contributed by atoms with Gasteiger partial charge in [-0.15, -0.1) is 0 Å². The number of nitrogens with zero attached hydrogens (tertiary/aromatic N) is 3. The lowest BCUT2D eigenvalue weighted by atomic mass is 10.0. The summed E-state index contributed by atoms with van der Waals surface area (Å²) in [6.07, 6.45) is 3.21. The van der Waals surface area contributed by atoms with Gasteiger partial charge in [-0.05, 0) is 47.9 Å². The van der Waals surface area contributed by atoms with Crippen molar-refractivity contribution in [2.75, 3.05) is 5.32 Å². The van der Waals surface area contributed by atoms with Gasteiger partial charge in [0, 0.05) is 16.6 Å². The predicted molar refractivity (Wildman–Crippen MR) is 120 cm³/mol. The Morgan fingerprint density at radius 1 is 0.897 bits per heavy atom. The number of unbranched alkanes of at least 4 members (excludes halogenated alkanes) is 1. The SMILES string of the molecule is [CH2]CCC#[N+]Cc1cccc(-c2ccc3ncnc(Nc4ccccc4)c3c2)c1. The van der Waals surface area contributed by atoms with Crippen LogP contribution in [0.1, 0.15) is 18.4 Å². The summed E-state index contributed by atoms with van der Waals surface area (Å²) in [6, 6.07) is 27.8. The van der Waals surface area contributed by atoms with Crippen LogP contribution in [0.25, 0.3) is 26.9 Å². The van der Waals surface area contributed by atoms with Gasteiger partial charge in [-0.1, -0.05) is 54.2 Å². The molecular formula is C25H22N4+. The van der Waals surface area contributed by atoms with Crippen molar-refractivity contribution < 1.29 is 0 Å². The summed E-state index contributed by atoms with van der Waals surface area (Å²) in [5.74, 6) is 0.798. The van der Waals surface area contributed by atoms with Gasteiger partial charge in [0.25, 0.3) is 12.6 Å². The quantitative estimate of drug-likeness (QED) is 0.432. The molecule has 4 aromatic rings. The summed E-state index contributed by atoms with van der Waals surface area (Å²) < 4.78 is 0. The molecule has 0 saturated carbocycles. The first-order valence-electron chi connectivity index (χ1n) is 9.68. The lowest BCUT2D eigenvalue weighted by Crippen LogP contribution is -1.96. The van der Waals surface area contributed by atoms with Crippen LogP contribution in [0, 0.1) is 13.0 Å². The molecule has 0 amide bonds. The van der Waals surface area contributed by atoms with Gasteiger partial charge in [-0.2, -0.15) is 0 Å². The van der Waals surface area contributed by atoms with Crippen LogP contribution >= 0.6 is 0 Å². The molecule has 1 radical (unpaired) electrons. The van der Waals surface area contributed by atoms with Gasteiger partial charge in [0.15, 0.2) is 0 Å². The summed E-state index contributed by atoms with van der Waals surface area (Å²) >= 11 is 0. The van der Waals surface area contributed by atoms with E-state index in [9.17, 15) is 0 Å². The molecule has 4 nitrogen and oxygen atoms in total. The minimum Gasteiger partial charge on any atom is -0.340 e. The molecule has 0 aliphatic carbocycles. The van der Waals surface area contributed by atoms with Crippen LogP contribution in [-0.4, -0.2) is 9.97 Å². The van der Waals surface area contributed by atoms with Crippen molar-refractivity contribution in [3.63, 3.8) is 0 Å². The summed E-state index contributed by atoms with van der Waals surface area (Å²) in [4.78, 5) is 13.2. The van der Waals surface area contributed by atoms with E-state index in [1.54, 1.807) is 6.33 Å². The van der Waals surface area contributed by atoms with Gasteiger partial charge >= 0.3 is 0 Å².